The Bertz CT molecular complexity index is 1050. The summed E-state index contributed by atoms with van der Waals surface area (Å²) in [6.07, 6.45) is -11.7. The summed E-state index contributed by atoms with van der Waals surface area (Å²) in [4.78, 5) is 51.5. The van der Waals surface area contributed by atoms with E-state index >= 15 is 0 Å². The van der Waals surface area contributed by atoms with Gasteiger partial charge in [0.05, 0.1) is 31.3 Å². The van der Waals surface area contributed by atoms with Gasteiger partial charge in [-0.15, -0.1) is 0 Å². The van der Waals surface area contributed by atoms with Gasteiger partial charge in [-0.1, -0.05) is 0 Å². The van der Waals surface area contributed by atoms with Crippen molar-refractivity contribution in [2.24, 2.45) is 5.92 Å². The SMILES string of the molecule is C[C@@H]1O[C@@H](OCCNC(=O)[C@@H]2CC[C@H](C(=O)NCCO[C@@H]3O[C@@H](C)[C@@H](O)[C@H](O)[C@H]3O)N(C(=O)CCCCC(=O)O)C2)[C@H](O)[C@@H](O)[C@@H]1O. The van der Waals surface area contributed by atoms with Crippen LogP contribution in [0.5, 0.6) is 0 Å². The largest absolute Gasteiger partial charge is 0.481 e. The van der Waals surface area contributed by atoms with E-state index in [1.807, 2.05) is 0 Å². The fraction of sp³-hybridized carbons (Fsp3) is 0.862. The van der Waals surface area contributed by atoms with E-state index in [-0.39, 0.29) is 71.4 Å². The van der Waals surface area contributed by atoms with Crippen molar-refractivity contribution in [1.82, 2.24) is 15.5 Å². The van der Waals surface area contributed by atoms with E-state index in [0.717, 1.165) is 0 Å². The Kier molecular flexibility index (Phi) is 15.2. The van der Waals surface area contributed by atoms with E-state index in [9.17, 15) is 49.8 Å². The molecule has 0 aromatic heterocycles. The number of likely N-dealkylation sites (tertiary alicyclic amines) is 1. The van der Waals surface area contributed by atoms with E-state index in [0.29, 0.717) is 0 Å². The molecule has 0 saturated carbocycles. The number of aliphatic carboxylic acids is 1. The first-order valence-corrected chi connectivity index (χ1v) is 15.9. The molecule has 3 fully saturated rings. The predicted molar refractivity (Wildman–Crippen MR) is 157 cm³/mol. The molecule has 270 valence electrons. The van der Waals surface area contributed by atoms with Crippen LogP contribution in [0.1, 0.15) is 52.4 Å². The van der Waals surface area contributed by atoms with Gasteiger partial charge in [-0.3, -0.25) is 19.2 Å². The molecule has 3 rings (SSSR count). The van der Waals surface area contributed by atoms with Crippen LogP contribution in [0.25, 0.3) is 0 Å². The normalized spacial score (nSPS) is 36.0. The number of aliphatic hydroxyl groups is 6. The third-order valence-corrected chi connectivity index (χ3v) is 8.59. The Balaban J connectivity index is 1.50. The molecule has 0 radical (unpaired) electrons. The number of unbranched alkanes of at least 4 members (excludes halogenated alkanes) is 1. The van der Waals surface area contributed by atoms with Crippen LogP contribution < -0.4 is 10.6 Å². The topological polar surface area (TPSA) is 274 Å². The first-order valence-electron chi connectivity index (χ1n) is 15.9. The van der Waals surface area contributed by atoms with E-state index < -0.39 is 97.1 Å². The van der Waals surface area contributed by atoms with Gasteiger partial charge in [0, 0.05) is 32.5 Å². The van der Waals surface area contributed by atoms with E-state index in [1.54, 1.807) is 0 Å². The molecule has 0 unspecified atom stereocenters. The first kappa shape index (κ1) is 38.9. The number of nitrogens with one attached hydrogen (secondary N) is 2. The van der Waals surface area contributed by atoms with Crippen LogP contribution in [0.2, 0.25) is 0 Å². The summed E-state index contributed by atoms with van der Waals surface area (Å²) in [5.74, 6) is -2.96. The third kappa shape index (κ3) is 10.7. The number of amides is 3. The Morgan fingerprint density at radius 1 is 0.702 bits per heavy atom. The molecule has 3 heterocycles. The zero-order valence-corrected chi connectivity index (χ0v) is 26.6. The molecule has 12 atom stereocenters. The van der Waals surface area contributed by atoms with Crippen LogP contribution in [0.15, 0.2) is 0 Å². The maximum absolute atomic E-state index is 13.2. The van der Waals surface area contributed by atoms with Crippen molar-refractivity contribution in [1.29, 1.82) is 0 Å². The van der Waals surface area contributed by atoms with Crippen LogP contribution in [0.4, 0.5) is 0 Å². The van der Waals surface area contributed by atoms with E-state index in [4.69, 9.17) is 24.1 Å². The van der Waals surface area contributed by atoms with Gasteiger partial charge in [-0.2, -0.15) is 0 Å². The summed E-state index contributed by atoms with van der Waals surface area (Å²) in [7, 11) is 0. The summed E-state index contributed by atoms with van der Waals surface area (Å²) in [5, 5.41) is 73.9. The minimum atomic E-state index is -1.50. The highest BCUT2D eigenvalue weighted by Gasteiger charge is 2.44. The summed E-state index contributed by atoms with van der Waals surface area (Å²) in [6, 6.07) is -0.906. The number of hydrogen-bond acceptors (Lipinski definition) is 14. The lowest BCUT2D eigenvalue weighted by Gasteiger charge is -2.39. The van der Waals surface area contributed by atoms with Crippen LogP contribution >= 0.6 is 0 Å². The summed E-state index contributed by atoms with van der Waals surface area (Å²) in [5.41, 5.74) is 0. The van der Waals surface area contributed by atoms with Crippen molar-refractivity contribution in [2.45, 2.75) is 120 Å². The lowest BCUT2D eigenvalue weighted by atomic mass is 9.91. The van der Waals surface area contributed by atoms with Gasteiger partial charge < -0.3 is 70.2 Å². The van der Waals surface area contributed by atoms with Crippen molar-refractivity contribution in [3.05, 3.63) is 0 Å². The lowest BCUT2D eigenvalue weighted by molar-refractivity contribution is -0.292. The number of aliphatic hydroxyl groups excluding tert-OH is 6. The first-order chi connectivity index (χ1) is 22.2. The van der Waals surface area contributed by atoms with Crippen molar-refractivity contribution in [3.63, 3.8) is 0 Å². The zero-order chi connectivity index (χ0) is 34.8. The number of carboxylic acid groups (broad SMARTS) is 1. The summed E-state index contributed by atoms with van der Waals surface area (Å²) >= 11 is 0. The number of carbonyl (C=O) groups excluding carboxylic acids is 3. The molecule has 3 aliphatic heterocycles. The van der Waals surface area contributed by atoms with Gasteiger partial charge >= 0.3 is 5.97 Å². The summed E-state index contributed by atoms with van der Waals surface area (Å²) < 4.78 is 21.6. The quantitative estimate of drug-likeness (QED) is 0.0750. The van der Waals surface area contributed by atoms with Crippen LogP contribution in [0.3, 0.4) is 0 Å². The maximum Gasteiger partial charge on any atom is 0.303 e. The number of hydrogen-bond donors (Lipinski definition) is 9. The average molecular weight is 680 g/mol. The Hall–Kier alpha value is -2.52. The highest BCUT2D eigenvalue weighted by molar-refractivity contribution is 5.89. The number of rotatable bonds is 15. The van der Waals surface area contributed by atoms with Gasteiger partial charge in [0.15, 0.2) is 12.6 Å². The second kappa shape index (κ2) is 18.3. The average Bonchev–Trinajstić information content (AvgIpc) is 3.05. The second-order valence-corrected chi connectivity index (χ2v) is 12.1. The zero-order valence-electron chi connectivity index (χ0n) is 26.6. The molecule has 9 N–H and O–H groups in total. The maximum atomic E-state index is 13.2. The van der Waals surface area contributed by atoms with Crippen LogP contribution in [-0.2, 0) is 38.1 Å². The number of piperidine rings is 1. The molecule has 18 nitrogen and oxygen atoms in total. The van der Waals surface area contributed by atoms with Gasteiger partial charge in [-0.25, -0.2) is 0 Å². The molecule has 3 amide bonds. The van der Waals surface area contributed by atoms with Crippen molar-refractivity contribution in [2.75, 3.05) is 32.8 Å². The van der Waals surface area contributed by atoms with Gasteiger partial charge in [0.1, 0.15) is 42.7 Å². The number of carbonyl (C=O) groups is 4. The molecule has 0 aromatic carbocycles. The van der Waals surface area contributed by atoms with Crippen LogP contribution in [0, 0.1) is 5.92 Å². The number of nitrogens with zero attached hydrogens (tertiary/aromatic N) is 1. The fourth-order valence-corrected chi connectivity index (χ4v) is 5.69. The predicted octanol–water partition coefficient (Wildman–Crippen LogP) is -3.84. The van der Waals surface area contributed by atoms with Gasteiger partial charge in [0.25, 0.3) is 0 Å². The molecule has 18 heteroatoms. The van der Waals surface area contributed by atoms with Crippen molar-refractivity contribution < 1.29 is 73.9 Å². The third-order valence-electron chi connectivity index (χ3n) is 8.59. The fourth-order valence-electron chi connectivity index (χ4n) is 5.69. The van der Waals surface area contributed by atoms with Crippen molar-refractivity contribution in [3.8, 4) is 0 Å². The standard InChI is InChI=1S/C29H49N3O15/c1-14-20(36)22(38)24(40)28(46-14)44-11-9-30-26(42)16-7-8-17(32(13-16)18(33)5-3-4-6-19(34)35)27(43)31-10-12-45-29-25(41)23(39)21(37)15(2)47-29/h14-17,20-25,28-29,36-41H,3-13H2,1-2H3,(H,30,42)(H,31,43)(H,34,35)/t14-,15-,16+,17+,20+,21+,22-,23-,24+,25+,28+,29+/m0/s1. The lowest BCUT2D eigenvalue weighted by Crippen LogP contribution is -2.58. The minimum absolute atomic E-state index is 0.0101. The molecule has 3 aliphatic rings. The Morgan fingerprint density at radius 3 is 1.70 bits per heavy atom. The molecule has 0 spiro atoms. The van der Waals surface area contributed by atoms with Crippen molar-refractivity contribution >= 4 is 23.7 Å². The number of carboxylic acids is 1. The minimum Gasteiger partial charge on any atom is -0.481 e. The Labute approximate surface area is 271 Å². The molecule has 0 aliphatic carbocycles. The van der Waals surface area contributed by atoms with Gasteiger partial charge in [-0.05, 0) is 39.5 Å². The number of ether oxygens (including phenoxy) is 4. The molecular weight excluding hydrogens is 630 g/mol. The molecule has 47 heavy (non-hydrogen) atoms. The summed E-state index contributed by atoms with van der Waals surface area (Å²) in [6.45, 7) is 2.73. The highest BCUT2D eigenvalue weighted by Crippen LogP contribution is 2.25. The second-order valence-electron chi connectivity index (χ2n) is 12.1. The highest BCUT2D eigenvalue weighted by atomic mass is 16.7. The molecule has 0 bridgehead atoms. The van der Waals surface area contributed by atoms with E-state index in [2.05, 4.69) is 10.6 Å². The van der Waals surface area contributed by atoms with Crippen LogP contribution in [-0.4, -0.2) is 165 Å². The monoisotopic (exact) mass is 679 g/mol. The smallest absolute Gasteiger partial charge is 0.303 e. The molecule has 3 saturated heterocycles. The molecular formula is C29H49N3O15. The Morgan fingerprint density at radius 2 is 1.19 bits per heavy atom. The van der Waals surface area contributed by atoms with Gasteiger partial charge in [0.2, 0.25) is 17.7 Å². The van der Waals surface area contributed by atoms with E-state index in [1.165, 1.54) is 18.7 Å². The molecule has 0 aromatic rings.